The highest BCUT2D eigenvalue weighted by Gasteiger charge is 2.51. The van der Waals surface area contributed by atoms with Gasteiger partial charge in [0.1, 0.15) is 59.1 Å². The molecule has 0 spiro atoms. The molecule has 0 radical (unpaired) electrons. The third-order valence-electron chi connectivity index (χ3n) is 7.31. The number of aromatic hydroxyl groups is 4. The first-order chi connectivity index (χ1) is 20.3. The number of benzene rings is 2. The Kier molecular flexibility index (Phi) is 8.41. The number of hydrogen-bond acceptors (Lipinski definition) is 16. The fourth-order valence-corrected chi connectivity index (χ4v) is 4.92. The summed E-state index contributed by atoms with van der Waals surface area (Å²) in [5.74, 6) is -3.40. The zero-order valence-electron chi connectivity index (χ0n) is 22.3. The third kappa shape index (κ3) is 5.55. The Morgan fingerprint density at radius 2 is 1.51 bits per heavy atom. The van der Waals surface area contributed by atoms with Crippen LogP contribution in [-0.4, -0.2) is 119 Å². The maximum atomic E-state index is 13.7. The second-order valence-electron chi connectivity index (χ2n) is 10.2. The normalized spacial score (nSPS) is 33.0. The van der Waals surface area contributed by atoms with Crippen molar-refractivity contribution in [1.29, 1.82) is 0 Å². The van der Waals surface area contributed by atoms with Crippen LogP contribution in [0, 0.1) is 0 Å². The van der Waals surface area contributed by atoms with Crippen LogP contribution in [0.2, 0.25) is 0 Å². The lowest BCUT2D eigenvalue weighted by atomic mass is 9.97. The zero-order valence-corrected chi connectivity index (χ0v) is 22.3. The average molecular weight is 611 g/mol. The van der Waals surface area contributed by atoms with Gasteiger partial charge in [0.05, 0.1) is 12.7 Å². The van der Waals surface area contributed by atoms with Crippen LogP contribution in [0.25, 0.3) is 22.3 Å². The van der Waals surface area contributed by atoms with Gasteiger partial charge < -0.3 is 74.4 Å². The van der Waals surface area contributed by atoms with Gasteiger partial charge in [-0.15, -0.1) is 0 Å². The maximum Gasteiger partial charge on any atom is 0.239 e. The Hall–Kier alpha value is -3.71. The molecule has 5 rings (SSSR count). The first-order valence-corrected chi connectivity index (χ1v) is 13.0. The van der Waals surface area contributed by atoms with E-state index in [0.717, 1.165) is 24.3 Å². The summed E-state index contributed by atoms with van der Waals surface area (Å²) in [5, 5.41) is 102. The first kappa shape index (κ1) is 30.7. The van der Waals surface area contributed by atoms with Gasteiger partial charge in [-0.2, -0.15) is 0 Å². The molecule has 10 N–H and O–H groups in total. The van der Waals surface area contributed by atoms with Crippen molar-refractivity contribution in [1.82, 2.24) is 0 Å². The molecule has 0 bridgehead atoms. The lowest BCUT2D eigenvalue weighted by Gasteiger charge is -2.45. The highest BCUT2D eigenvalue weighted by molar-refractivity contribution is 5.88. The number of aliphatic hydroxyl groups is 6. The molecule has 2 aliphatic rings. The number of aliphatic hydroxyl groups excluding tert-OH is 6. The molecule has 2 aromatic carbocycles. The van der Waals surface area contributed by atoms with E-state index in [-0.39, 0.29) is 11.1 Å². The summed E-state index contributed by atoms with van der Waals surface area (Å²) >= 11 is 0. The molecule has 2 saturated heterocycles. The van der Waals surface area contributed by atoms with Gasteiger partial charge >= 0.3 is 0 Å². The smallest absolute Gasteiger partial charge is 0.239 e. The molecule has 0 aliphatic carbocycles. The molecular weight excluding hydrogens is 580 g/mol. The van der Waals surface area contributed by atoms with Crippen molar-refractivity contribution in [3.63, 3.8) is 0 Å². The molecule has 0 amide bonds. The molecule has 1 aromatic heterocycles. The summed E-state index contributed by atoms with van der Waals surface area (Å²) < 4.78 is 28.3. The summed E-state index contributed by atoms with van der Waals surface area (Å²) in [6.07, 6.45) is -16.7. The number of hydrogen-bond donors (Lipinski definition) is 10. The summed E-state index contributed by atoms with van der Waals surface area (Å²) in [6, 6.07) is 5.21. The van der Waals surface area contributed by atoms with E-state index in [2.05, 4.69) is 0 Å². The monoisotopic (exact) mass is 610 g/mol. The highest BCUT2D eigenvalue weighted by Crippen LogP contribution is 2.40. The van der Waals surface area contributed by atoms with Crippen LogP contribution in [0.5, 0.6) is 28.7 Å². The zero-order chi connectivity index (χ0) is 31.3. The molecule has 0 unspecified atom stereocenters. The van der Waals surface area contributed by atoms with E-state index in [0.29, 0.717) is 0 Å². The molecule has 234 valence electrons. The molecule has 0 saturated carbocycles. The number of ether oxygens (including phenoxy) is 4. The van der Waals surface area contributed by atoms with Crippen molar-refractivity contribution in [3.05, 3.63) is 40.6 Å². The Balaban J connectivity index is 1.62. The van der Waals surface area contributed by atoms with Gasteiger partial charge in [-0.05, 0) is 25.1 Å². The number of phenolic OH excluding ortho intramolecular Hbond substituents is 4. The first-order valence-electron chi connectivity index (χ1n) is 13.0. The second kappa shape index (κ2) is 11.8. The third-order valence-corrected chi connectivity index (χ3v) is 7.31. The lowest BCUT2D eigenvalue weighted by molar-refractivity contribution is -0.354. The summed E-state index contributed by atoms with van der Waals surface area (Å²) in [6.45, 7) is 0.541. The van der Waals surface area contributed by atoms with Crippen molar-refractivity contribution < 1.29 is 74.4 Å². The Labute approximate surface area is 241 Å². The minimum Gasteiger partial charge on any atom is -0.508 e. The Morgan fingerprint density at radius 1 is 0.791 bits per heavy atom. The number of phenols is 4. The topological polar surface area (TPSA) is 269 Å². The van der Waals surface area contributed by atoms with Gasteiger partial charge in [0, 0.05) is 17.7 Å². The van der Waals surface area contributed by atoms with Crippen LogP contribution in [0.4, 0.5) is 0 Å². The van der Waals surface area contributed by atoms with E-state index in [4.69, 9.17) is 23.4 Å². The standard InChI is InChI=1S/C27H30O16/c1-8-17(33)20(36)22(38)26(39-8)43-25-21(37)18(34)15(7-28)41-27(25)42-24-19(35)16-13(32)5-10(29)6-14(16)40-23(24)9-2-3-11(30)12(31)4-9/h2-6,8,15,17-18,20-22,25-34,36-38H,7H2,1H3/t8-,15+,17+,18+,20-,21-,22+,25-,26+,27+/m1/s1. The molecule has 16 nitrogen and oxygen atoms in total. The van der Waals surface area contributed by atoms with Gasteiger partial charge in [-0.3, -0.25) is 4.79 Å². The molecular formula is C27H30O16. The van der Waals surface area contributed by atoms with Gasteiger partial charge in [0.15, 0.2) is 29.7 Å². The predicted octanol–water partition coefficient (Wildman–Crippen LogP) is -1.69. The van der Waals surface area contributed by atoms with Crippen LogP contribution < -0.4 is 10.2 Å². The largest absolute Gasteiger partial charge is 0.508 e. The van der Waals surface area contributed by atoms with Gasteiger partial charge in [0.25, 0.3) is 0 Å². The quantitative estimate of drug-likeness (QED) is 0.140. The van der Waals surface area contributed by atoms with E-state index in [1.807, 2.05) is 0 Å². The van der Waals surface area contributed by atoms with Crippen LogP contribution >= 0.6 is 0 Å². The maximum absolute atomic E-state index is 13.7. The van der Waals surface area contributed by atoms with Crippen LogP contribution in [-0.2, 0) is 14.2 Å². The molecule has 16 heteroatoms. The summed E-state index contributed by atoms with van der Waals surface area (Å²) in [5.41, 5.74) is -1.39. The van der Waals surface area contributed by atoms with Crippen molar-refractivity contribution in [2.24, 2.45) is 0 Å². The molecule has 2 fully saturated rings. The highest BCUT2D eigenvalue weighted by atomic mass is 16.8. The molecule has 3 heterocycles. The summed E-state index contributed by atoms with van der Waals surface area (Å²) in [7, 11) is 0. The fraction of sp³-hybridized carbons (Fsp3) is 0.444. The van der Waals surface area contributed by atoms with E-state index in [9.17, 15) is 55.9 Å². The predicted molar refractivity (Wildman–Crippen MR) is 140 cm³/mol. The SMILES string of the molecule is C[C@H]1O[C@@H](O[C@H]2[C@H](Oc3c(-c4ccc(O)c(O)c4)oc4cc(O)cc(O)c4c3=O)O[C@@H](CO)[C@H](O)[C@H]2O)[C@@H](O)[C@H](O)[C@H]1O. The van der Waals surface area contributed by atoms with Crippen LogP contribution in [0.1, 0.15) is 6.92 Å². The van der Waals surface area contributed by atoms with Crippen LogP contribution in [0.3, 0.4) is 0 Å². The average Bonchev–Trinajstić information content (AvgIpc) is 2.96. The van der Waals surface area contributed by atoms with E-state index >= 15 is 0 Å². The van der Waals surface area contributed by atoms with Crippen molar-refractivity contribution >= 4 is 11.0 Å². The minimum atomic E-state index is -1.91. The fourth-order valence-electron chi connectivity index (χ4n) is 4.92. The van der Waals surface area contributed by atoms with Gasteiger partial charge in [0.2, 0.25) is 17.5 Å². The van der Waals surface area contributed by atoms with E-state index in [1.165, 1.54) is 13.0 Å². The van der Waals surface area contributed by atoms with Crippen LogP contribution in [0.15, 0.2) is 39.5 Å². The van der Waals surface area contributed by atoms with E-state index < -0.39 is 113 Å². The second-order valence-corrected chi connectivity index (χ2v) is 10.2. The Bertz CT molecular complexity index is 1540. The van der Waals surface area contributed by atoms with Crippen molar-refractivity contribution in [2.75, 3.05) is 6.61 Å². The van der Waals surface area contributed by atoms with Crippen molar-refractivity contribution in [2.45, 2.75) is 68.3 Å². The molecule has 10 atom stereocenters. The molecule has 3 aromatic rings. The number of fused-ring (bicyclic) bond motifs is 1. The summed E-state index contributed by atoms with van der Waals surface area (Å²) in [4.78, 5) is 13.7. The Morgan fingerprint density at radius 3 is 2.19 bits per heavy atom. The van der Waals surface area contributed by atoms with E-state index in [1.54, 1.807) is 0 Å². The lowest BCUT2D eigenvalue weighted by Crippen LogP contribution is -2.64. The minimum absolute atomic E-state index is 0.0447. The molecule has 2 aliphatic heterocycles. The molecule has 43 heavy (non-hydrogen) atoms. The number of rotatable bonds is 6. The van der Waals surface area contributed by atoms with Gasteiger partial charge in [-0.1, -0.05) is 0 Å². The van der Waals surface area contributed by atoms with Crippen molar-refractivity contribution in [3.8, 4) is 40.1 Å². The van der Waals surface area contributed by atoms with Gasteiger partial charge in [-0.25, -0.2) is 0 Å².